The van der Waals surface area contributed by atoms with E-state index in [0.717, 1.165) is 43.5 Å². The summed E-state index contributed by atoms with van der Waals surface area (Å²) in [6, 6.07) is 10.0. The number of nitrogens with zero attached hydrogens (tertiary/aromatic N) is 6. The maximum absolute atomic E-state index is 13.2. The molecule has 0 bridgehead atoms. The summed E-state index contributed by atoms with van der Waals surface area (Å²) >= 11 is 0. The largest absolute Gasteiger partial charge is 0.372 e. The first-order chi connectivity index (χ1) is 15.1. The molecule has 0 N–H and O–H groups in total. The number of morpholine rings is 1. The molecule has 0 saturated carbocycles. The number of fused-ring (bicyclic) bond motifs is 1. The van der Waals surface area contributed by atoms with E-state index in [-0.39, 0.29) is 18.1 Å². The molecule has 3 aromatic rings. The lowest BCUT2D eigenvalue weighted by Gasteiger charge is -2.36. The van der Waals surface area contributed by atoms with Crippen LogP contribution in [-0.2, 0) is 4.74 Å². The van der Waals surface area contributed by atoms with E-state index in [1.54, 1.807) is 12.4 Å². The lowest BCUT2D eigenvalue weighted by atomic mass is 10.2. The standard InChI is InChI=1S/C23H28N6O2/c1-17-14-28(15-18(2)31-17)22(30)19-4-5-20-6-7-21(29(20)16-19)26-10-12-27(13-11-26)23-24-8-3-9-25-23/h3-9,16-18H,10-15H2,1-2H3. The maximum atomic E-state index is 13.2. The number of hydrogen-bond acceptors (Lipinski definition) is 6. The molecule has 2 aliphatic heterocycles. The molecular formula is C23H28N6O2. The predicted molar refractivity (Wildman–Crippen MR) is 120 cm³/mol. The summed E-state index contributed by atoms with van der Waals surface area (Å²) in [5, 5.41) is 0. The van der Waals surface area contributed by atoms with Crippen molar-refractivity contribution in [3.8, 4) is 0 Å². The normalized spacial score (nSPS) is 22.2. The molecule has 2 aliphatic rings. The Morgan fingerprint density at radius 2 is 1.58 bits per heavy atom. The molecule has 3 aromatic heterocycles. The monoisotopic (exact) mass is 420 g/mol. The third kappa shape index (κ3) is 3.95. The molecule has 31 heavy (non-hydrogen) atoms. The Morgan fingerprint density at radius 3 is 2.29 bits per heavy atom. The van der Waals surface area contributed by atoms with Gasteiger partial charge in [-0.3, -0.25) is 4.79 Å². The average Bonchev–Trinajstić information content (AvgIpc) is 3.22. The topological polar surface area (TPSA) is 66.2 Å². The fraction of sp³-hybridized carbons (Fsp3) is 0.435. The Balaban J connectivity index is 1.34. The fourth-order valence-electron chi connectivity index (χ4n) is 4.59. The summed E-state index contributed by atoms with van der Waals surface area (Å²) < 4.78 is 7.91. The van der Waals surface area contributed by atoms with Crippen LogP contribution in [0.25, 0.3) is 5.52 Å². The molecule has 8 heteroatoms. The summed E-state index contributed by atoms with van der Waals surface area (Å²) in [4.78, 5) is 28.4. The smallest absolute Gasteiger partial charge is 0.255 e. The molecule has 2 fully saturated rings. The van der Waals surface area contributed by atoms with Crippen LogP contribution in [-0.4, -0.2) is 76.7 Å². The van der Waals surface area contributed by atoms with Crippen molar-refractivity contribution in [2.24, 2.45) is 0 Å². The lowest BCUT2D eigenvalue weighted by molar-refractivity contribution is -0.0586. The predicted octanol–water partition coefficient (Wildman–Crippen LogP) is 2.31. The van der Waals surface area contributed by atoms with Gasteiger partial charge in [0.2, 0.25) is 5.95 Å². The highest BCUT2D eigenvalue weighted by Gasteiger charge is 2.27. The zero-order valence-corrected chi connectivity index (χ0v) is 18.0. The van der Waals surface area contributed by atoms with Crippen LogP contribution >= 0.6 is 0 Å². The van der Waals surface area contributed by atoms with Gasteiger partial charge < -0.3 is 23.8 Å². The van der Waals surface area contributed by atoms with E-state index in [1.165, 1.54) is 0 Å². The second kappa shape index (κ2) is 8.19. The first kappa shape index (κ1) is 19.8. The number of ether oxygens (including phenoxy) is 1. The number of carbonyl (C=O) groups excluding carboxylic acids is 1. The van der Waals surface area contributed by atoms with Crippen molar-refractivity contribution in [3.63, 3.8) is 0 Å². The van der Waals surface area contributed by atoms with Gasteiger partial charge in [-0.05, 0) is 44.2 Å². The molecule has 1 amide bonds. The van der Waals surface area contributed by atoms with Crippen LogP contribution < -0.4 is 9.80 Å². The summed E-state index contributed by atoms with van der Waals surface area (Å²) in [5.74, 6) is 1.96. The number of carbonyl (C=O) groups is 1. The van der Waals surface area contributed by atoms with Crippen molar-refractivity contribution >= 4 is 23.2 Å². The summed E-state index contributed by atoms with van der Waals surface area (Å²) in [7, 11) is 0. The number of pyridine rings is 1. The van der Waals surface area contributed by atoms with Crippen molar-refractivity contribution in [1.82, 2.24) is 19.3 Å². The molecule has 5 heterocycles. The van der Waals surface area contributed by atoms with E-state index < -0.39 is 0 Å². The van der Waals surface area contributed by atoms with Gasteiger partial charge in [-0.2, -0.15) is 0 Å². The number of piperazine rings is 1. The van der Waals surface area contributed by atoms with Crippen molar-refractivity contribution in [3.05, 3.63) is 54.5 Å². The highest BCUT2D eigenvalue weighted by atomic mass is 16.5. The van der Waals surface area contributed by atoms with Crippen LogP contribution in [0.15, 0.2) is 48.9 Å². The summed E-state index contributed by atoms with van der Waals surface area (Å²) in [5.41, 5.74) is 1.80. The van der Waals surface area contributed by atoms with Gasteiger partial charge in [-0.25, -0.2) is 9.97 Å². The Kier molecular flexibility index (Phi) is 5.23. The van der Waals surface area contributed by atoms with Gasteiger partial charge in [0.15, 0.2) is 0 Å². The summed E-state index contributed by atoms with van der Waals surface area (Å²) in [6.45, 7) is 8.76. The van der Waals surface area contributed by atoms with Crippen LogP contribution in [0.5, 0.6) is 0 Å². The quantitative estimate of drug-likeness (QED) is 0.648. The average molecular weight is 421 g/mol. The Morgan fingerprint density at radius 1 is 0.935 bits per heavy atom. The Bertz CT molecular complexity index is 1050. The number of rotatable bonds is 3. The molecule has 0 aliphatic carbocycles. The van der Waals surface area contributed by atoms with E-state index in [1.807, 2.05) is 43.1 Å². The summed E-state index contributed by atoms with van der Waals surface area (Å²) in [6.07, 6.45) is 5.66. The Hall–Kier alpha value is -3.13. The van der Waals surface area contributed by atoms with Crippen molar-refractivity contribution < 1.29 is 9.53 Å². The SMILES string of the molecule is CC1CN(C(=O)c2ccc3ccc(N4CCN(c5ncccn5)CC4)n3c2)CC(C)O1. The molecule has 5 rings (SSSR count). The van der Waals surface area contributed by atoms with Crippen LogP contribution in [0.1, 0.15) is 24.2 Å². The van der Waals surface area contributed by atoms with Crippen LogP contribution in [0.2, 0.25) is 0 Å². The lowest BCUT2D eigenvalue weighted by Crippen LogP contribution is -2.48. The molecule has 8 nitrogen and oxygen atoms in total. The van der Waals surface area contributed by atoms with E-state index in [9.17, 15) is 4.79 Å². The van der Waals surface area contributed by atoms with Gasteiger partial charge in [0.05, 0.1) is 17.8 Å². The van der Waals surface area contributed by atoms with Gasteiger partial charge >= 0.3 is 0 Å². The van der Waals surface area contributed by atoms with Gasteiger partial charge in [-0.1, -0.05) is 0 Å². The van der Waals surface area contributed by atoms with Crippen LogP contribution in [0.3, 0.4) is 0 Å². The number of hydrogen-bond donors (Lipinski definition) is 0. The van der Waals surface area contributed by atoms with E-state index >= 15 is 0 Å². The number of anilines is 2. The molecule has 162 valence electrons. The zero-order chi connectivity index (χ0) is 21.4. The number of amides is 1. The molecule has 0 aromatic carbocycles. The molecular weight excluding hydrogens is 392 g/mol. The molecule has 0 spiro atoms. The van der Waals surface area contributed by atoms with E-state index in [2.05, 4.69) is 36.3 Å². The molecule has 2 unspecified atom stereocenters. The second-order valence-corrected chi connectivity index (χ2v) is 8.39. The van der Waals surface area contributed by atoms with Gasteiger partial charge in [0.25, 0.3) is 5.91 Å². The van der Waals surface area contributed by atoms with Crippen LogP contribution in [0.4, 0.5) is 11.8 Å². The van der Waals surface area contributed by atoms with Gasteiger partial charge in [0.1, 0.15) is 5.82 Å². The second-order valence-electron chi connectivity index (χ2n) is 8.39. The number of aromatic nitrogens is 3. The minimum absolute atomic E-state index is 0.0588. The highest BCUT2D eigenvalue weighted by molar-refractivity contribution is 5.94. The van der Waals surface area contributed by atoms with Crippen molar-refractivity contribution in [2.75, 3.05) is 49.1 Å². The maximum Gasteiger partial charge on any atom is 0.255 e. The first-order valence-electron chi connectivity index (χ1n) is 10.9. The molecule has 0 radical (unpaired) electrons. The van der Waals surface area contributed by atoms with Crippen molar-refractivity contribution in [2.45, 2.75) is 26.1 Å². The third-order valence-corrected chi connectivity index (χ3v) is 6.02. The Labute approximate surface area is 182 Å². The minimum Gasteiger partial charge on any atom is -0.372 e. The van der Waals surface area contributed by atoms with Crippen molar-refractivity contribution in [1.29, 1.82) is 0 Å². The fourth-order valence-corrected chi connectivity index (χ4v) is 4.59. The van der Waals surface area contributed by atoms with Gasteiger partial charge in [-0.15, -0.1) is 0 Å². The van der Waals surface area contributed by atoms with E-state index in [4.69, 9.17) is 4.74 Å². The van der Waals surface area contributed by atoms with Crippen LogP contribution in [0, 0.1) is 0 Å². The first-order valence-corrected chi connectivity index (χ1v) is 10.9. The minimum atomic E-state index is 0.0588. The zero-order valence-electron chi connectivity index (χ0n) is 18.0. The van der Waals surface area contributed by atoms with E-state index in [0.29, 0.717) is 18.7 Å². The highest BCUT2D eigenvalue weighted by Crippen LogP contribution is 2.23. The molecule has 2 atom stereocenters. The third-order valence-electron chi connectivity index (χ3n) is 6.02. The molecule has 2 saturated heterocycles. The van der Waals surface area contributed by atoms with Gasteiger partial charge in [0, 0.05) is 63.4 Å².